The average Bonchev–Trinajstić information content (AvgIpc) is 3.37. The normalized spacial score (nSPS) is 11.9. The number of nitrogens with zero attached hydrogens (tertiary/aromatic N) is 2. The summed E-state index contributed by atoms with van der Waals surface area (Å²) in [5, 5.41) is 7.23. The summed E-state index contributed by atoms with van der Waals surface area (Å²) in [5.41, 5.74) is 2.40. The maximum Gasteiger partial charge on any atom is 0.220 e. The Hall–Kier alpha value is -3.13. The quantitative estimate of drug-likeness (QED) is 0.442. The maximum atomic E-state index is 13.2. The summed E-state index contributed by atoms with van der Waals surface area (Å²) < 4.78 is 14.8. The van der Waals surface area contributed by atoms with Gasteiger partial charge < -0.3 is 5.32 Å². The topological polar surface area (TPSA) is 81.1 Å². The van der Waals surface area contributed by atoms with E-state index in [1.807, 2.05) is 26.8 Å². The van der Waals surface area contributed by atoms with Crippen molar-refractivity contribution in [3.05, 3.63) is 69.4 Å². The van der Waals surface area contributed by atoms with Gasteiger partial charge in [-0.1, -0.05) is 0 Å². The third kappa shape index (κ3) is 5.97. The van der Waals surface area contributed by atoms with Crippen LogP contribution in [0.15, 0.2) is 42.6 Å². The number of rotatable bonds is 10. The molecule has 0 fully saturated rings. The van der Waals surface area contributed by atoms with Crippen LogP contribution in [-0.2, 0) is 9.59 Å². The number of hydrogen-bond donors (Lipinski definition) is 1. The minimum absolute atomic E-state index is 0.0387. The second kappa shape index (κ2) is 10.5. The zero-order valence-electron chi connectivity index (χ0n) is 18.4. The summed E-state index contributed by atoms with van der Waals surface area (Å²) in [4.78, 5) is 38.3. The number of carbonyl (C=O) groups excluding carboxylic acids is 3. The van der Waals surface area contributed by atoms with Gasteiger partial charge in [-0.15, -0.1) is 11.3 Å². The summed E-state index contributed by atoms with van der Waals surface area (Å²) in [5.74, 6) is -0.696. The highest BCUT2D eigenvalue weighted by molar-refractivity contribution is 7.14. The highest BCUT2D eigenvalue weighted by atomic mass is 32.1. The van der Waals surface area contributed by atoms with Crippen LogP contribution < -0.4 is 5.32 Å². The Morgan fingerprint density at radius 3 is 2.38 bits per heavy atom. The van der Waals surface area contributed by atoms with Gasteiger partial charge >= 0.3 is 0 Å². The summed E-state index contributed by atoms with van der Waals surface area (Å²) in [7, 11) is 0. The second-order valence-electron chi connectivity index (χ2n) is 7.73. The van der Waals surface area contributed by atoms with Crippen molar-refractivity contribution in [3.8, 4) is 5.69 Å². The zero-order valence-corrected chi connectivity index (χ0v) is 19.2. The van der Waals surface area contributed by atoms with Gasteiger partial charge in [-0.2, -0.15) is 5.10 Å². The monoisotopic (exact) mass is 455 g/mol. The molecule has 1 unspecified atom stereocenters. The van der Waals surface area contributed by atoms with E-state index in [-0.39, 0.29) is 55.0 Å². The van der Waals surface area contributed by atoms with E-state index >= 15 is 0 Å². The van der Waals surface area contributed by atoms with Crippen molar-refractivity contribution in [2.45, 2.75) is 52.5 Å². The molecule has 0 aliphatic carbocycles. The van der Waals surface area contributed by atoms with Crippen molar-refractivity contribution in [1.29, 1.82) is 0 Å². The molecule has 3 rings (SSSR count). The van der Waals surface area contributed by atoms with E-state index in [9.17, 15) is 18.8 Å². The molecule has 0 radical (unpaired) electrons. The molecule has 1 amide bonds. The van der Waals surface area contributed by atoms with Crippen LogP contribution in [0.25, 0.3) is 5.69 Å². The molecule has 0 saturated carbocycles. The van der Waals surface area contributed by atoms with Crippen molar-refractivity contribution in [2.24, 2.45) is 0 Å². The van der Waals surface area contributed by atoms with Crippen molar-refractivity contribution in [3.63, 3.8) is 0 Å². The number of hydrogen-bond acceptors (Lipinski definition) is 5. The first kappa shape index (κ1) is 23.5. The fourth-order valence-corrected chi connectivity index (χ4v) is 4.25. The van der Waals surface area contributed by atoms with E-state index in [1.54, 1.807) is 29.1 Å². The Kier molecular flexibility index (Phi) is 7.69. The minimum atomic E-state index is -0.319. The third-order valence-electron chi connectivity index (χ3n) is 5.24. The van der Waals surface area contributed by atoms with Crippen molar-refractivity contribution < 1.29 is 18.8 Å². The standard InChI is InChI=1S/C24H26FN3O3S/c1-15-4-12-23(32-15)22(30)11-9-20(29)10-13-24(31)27-16(2)21-14-26-28(17(21)3)19-7-5-18(25)6-8-19/h4-8,12,14,16H,9-11,13H2,1-3H3,(H,27,31). The van der Waals surface area contributed by atoms with Gasteiger partial charge in [-0.05, 0) is 57.2 Å². The summed E-state index contributed by atoms with van der Waals surface area (Å²) in [6.07, 6.45) is 2.15. The smallest absolute Gasteiger partial charge is 0.220 e. The molecule has 168 valence electrons. The van der Waals surface area contributed by atoms with E-state index in [1.165, 1.54) is 23.5 Å². The molecule has 0 bridgehead atoms. The van der Waals surface area contributed by atoms with Crippen LogP contribution in [0.1, 0.15) is 64.5 Å². The Labute approximate surface area is 190 Å². The van der Waals surface area contributed by atoms with Crippen LogP contribution >= 0.6 is 11.3 Å². The number of Topliss-reactive ketones (excluding diaryl/α,β-unsaturated/α-hetero) is 2. The molecule has 0 spiro atoms. The fourth-order valence-electron chi connectivity index (χ4n) is 3.42. The first-order valence-electron chi connectivity index (χ1n) is 10.5. The average molecular weight is 456 g/mol. The number of nitrogens with one attached hydrogen (secondary N) is 1. The fraction of sp³-hybridized carbons (Fsp3) is 0.333. The van der Waals surface area contributed by atoms with Crippen molar-refractivity contribution in [2.75, 3.05) is 0 Å². The van der Waals surface area contributed by atoms with Gasteiger partial charge in [0.2, 0.25) is 5.91 Å². The molecule has 1 aromatic carbocycles. The Morgan fingerprint density at radius 1 is 1.03 bits per heavy atom. The number of ketones is 2. The number of thiophene rings is 1. The maximum absolute atomic E-state index is 13.2. The van der Waals surface area contributed by atoms with Crippen LogP contribution in [0.5, 0.6) is 0 Å². The number of amides is 1. The summed E-state index contributed by atoms with van der Waals surface area (Å²) in [6.45, 7) is 5.66. The van der Waals surface area contributed by atoms with E-state index in [0.717, 1.165) is 21.8 Å². The van der Waals surface area contributed by atoms with Crippen molar-refractivity contribution >= 4 is 28.8 Å². The van der Waals surface area contributed by atoms with E-state index in [4.69, 9.17) is 0 Å². The highest BCUT2D eigenvalue weighted by Crippen LogP contribution is 2.21. The van der Waals surface area contributed by atoms with E-state index in [2.05, 4.69) is 10.4 Å². The number of benzene rings is 1. The first-order chi connectivity index (χ1) is 15.2. The van der Waals surface area contributed by atoms with Crippen LogP contribution in [0.3, 0.4) is 0 Å². The molecular formula is C24H26FN3O3S. The minimum Gasteiger partial charge on any atom is -0.349 e. The second-order valence-corrected chi connectivity index (χ2v) is 9.02. The SMILES string of the molecule is Cc1ccc(C(=O)CCC(=O)CCC(=O)NC(C)c2cnn(-c3ccc(F)cc3)c2C)s1. The number of carbonyl (C=O) groups is 3. The molecule has 1 atom stereocenters. The molecule has 3 aromatic rings. The summed E-state index contributed by atoms with van der Waals surface area (Å²) >= 11 is 1.42. The lowest BCUT2D eigenvalue weighted by Crippen LogP contribution is -2.27. The highest BCUT2D eigenvalue weighted by Gasteiger charge is 2.17. The molecule has 0 aliphatic rings. The molecule has 6 nitrogen and oxygen atoms in total. The lowest BCUT2D eigenvalue weighted by molar-refractivity contribution is -0.125. The third-order valence-corrected chi connectivity index (χ3v) is 6.28. The molecule has 0 aliphatic heterocycles. The first-order valence-corrected chi connectivity index (χ1v) is 11.3. The molecular weight excluding hydrogens is 429 g/mol. The molecule has 2 heterocycles. The molecule has 1 N–H and O–H groups in total. The van der Waals surface area contributed by atoms with Gasteiger partial charge in [0.1, 0.15) is 11.6 Å². The van der Waals surface area contributed by atoms with Gasteiger partial charge in [-0.25, -0.2) is 9.07 Å². The lowest BCUT2D eigenvalue weighted by Gasteiger charge is -2.14. The Morgan fingerprint density at radius 2 is 1.72 bits per heavy atom. The van der Waals surface area contributed by atoms with Crippen LogP contribution in [0.2, 0.25) is 0 Å². The zero-order chi connectivity index (χ0) is 23.3. The Bertz CT molecular complexity index is 1120. The van der Waals surface area contributed by atoms with Crippen LogP contribution in [0, 0.1) is 19.7 Å². The molecule has 32 heavy (non-hydrogen) atoms. The van der Waals surface area contributed by atoms with E-state index < -0.39 is 0 Å². The van der Waals surface area contributed by atoms with Gasteiger partial charge in [-0.3, -0.25) is 14.4 Å². The van der Waals surface area contributed by atoms with E-state index in [0.29, 0.717) is 4.88 Å². The Balaban J connectivity index is 1.47. The number of aryl methyl sites for hydroxylation is 1. The predicted octanol–water partition coefficient (Wildman–Crippen LogP) is 4.88. The van der Waals surface area contributed by atoms with Gasteiger partial charge in [0.15, 0.2) is 5.78 Å². The molecule has 0 saturated heterocycles. The van der Waals surface area contributed by atoms with Crippen molar-refractivity contribution in [1.82, 2.24) is 15.1 Å². The molecule has 2 aromatic heterocycles. The van der Waals surface area contributed by atoms with Gasteiger partial charge in [0, 0.05) is 41.8 Å². The van der Waals surface area contributed by atoms with Gasteiger partial charge in [0.05, 0.1) is 22.8 Å². The molecule has 8 heteroatoms. The van der Waals surface area contributed by atoms with Crippen LogP contribution in [0.4, 0.5) is 4.39 Å². The number of halogens is 1. The largest absolute Gasteiger partial charge is 0.349 e. The summed E-state index contributed by atoms with van der Waals surface area (Å²) in [6, 6.07) is 9.38. The predicted molar refractivity (Wildman–Crippen MR) is 122 cm³/mol. The lowest BCUT2D eigenvalue weighted by atomic mass is 10.1. The van der Waals surface area contributed by atoms with Crippen LogP contribution in [-0.4, -0.2) is 27.3 Å². The number of aromatic nitrogens is 2. The van der Waals surface area contributed by atoms with Gasteiger partial charge in [0.25, 0.3) is 0 Å².